The molecule has 1 heterocycles. The summed E-state index contributed by atoms with van der Waals surface area (Å²) in [5.41, 5.74) is -1.04. The van der Waals surface area contributed by atoms with Crippen LogP contribution < -0.4 is 10.2 Å². The van der Waals surface area contributed by atoms with E-state index in [1.807, 2.05) is 0 Å². The van der Waals surface area contributed by atoms with Gasteiger partial charge in [-0.15, -0.1) is 0 Å². The summed E-state index contributed by atoms with van der Waals surface area (Å²) < 4.78 is 65.7. The number of rotatable bonds is 3. The fourth-order valence-corrected chi connectivity index (χ4v) is 3.32. The molecule has 0 aromatic heterocycles. The number of urea groups is 1. The van der Waals surface area contributed by atoms with Crippen molar-refractivity contribution >= 4 is 29.2 Å². The van der Waals surface area contributed by atoms with Gasteiger partial charge in [0.05, 0.1) is 16.3 Å². The van der Waals surface area contributed by atoms with Crippen LogP contribution in [0.15, 0.2) is 36.4 Å². The van der Waals surface area contributed by atoms with Crippen LogP contribution in [0.4, 0.5) is 32.4 Å². The quantitative estimate of drug-likeness (QED) is 0.717. The number of hydrogen-bond donors (Lipinski definition) is 1. The maximum Gasteiger partial charge on any atom is 0.417 e. The predicted molar refractivity (Wildman–Crippen MR) is 99.0 cm³/mol. The average molecular weight is 448 g/mol. The lowest BCUT2D eigenvalue weighted by molar-refractivity contribution is -0.137. The van der Waals surface area contributed by atoms with Gasteiger partial charge in [-0.2, -0.15) is 13.2 Å². The van der Waals surface area contributed by atoms with Gasteiger partial charge in [0, 0.05) is 25.7 Å². The van der Waals surface area contributed by atoms with Gasteiger partial charge in [0.15, 0.2) is 0 Å². The summed E-state index contributed by atoms with van der Waals surface area (Å²) >= 11 is 5.79. The molecule has 3 rings (SSSR count). The Labute approximate surface area is 173 Å². The minimum atomic E-state index is -4.63. The summed E-state index contributed by atoms with van der Waals surface area (Å²) in [5, 5.41) is 1.91. The number of carbonyl (C=O) groups is 2. The number of benzene rings is 2. The van der Waals surface area contributed by atoms with Crippen molar-refractivity contribution in [3.63, 3.8) is 0 Å². The van der Waals surface area contributed by atoms with Crippen molar-refractivity contribution in [2.75, 3.05) is 24.5 Å². The Balaban J connectivity index is 1.63. The summed E-state index contributed by atoms with van der Waals surface area (Å²) in [6.45, 7) is -0.634. The first kappa shape index (κ1) is 21.8. The molecule has 11 heteroatoms. The molecule has 3 amide bonds. The lowest BCUT2D eigenvalue weighted by Crippen LogP contribution is -2.54. The van der Waals surface area contributed by atoms with E-state index in [0.29, 0.717) is 6.07 Å². The largest absolute Gasteiger partial charge is 0.417 e. The number of nitrogens with one attached hydrogen (secondary N) is 1. The number of anilines is 1. The van der Waals surface area contributed by atoms with E-state index in [4.69, 9.17) is 11.6 Å². The molecular formula is C19H15ClF5N3O2. The van der Waals surface area contributed by atoms with Crippen molar-refractivity contribution in [2.45, 2.75) is 12.7 Å². The molecule has 2 aromatic carbocycles. The second kappa shape index (κ2) is 8.47. The number of hydrogen-bond acceptors (Lipinski definition) is 2. The molecular weight excluding hydrogens is 433 g/mol. The van der Waals surface area contributed by atoms with Gasteiger partial charge in [0.2, 0.25) is 5.91 Å². The Morgan fingerprint density at radius 3 is 2.50 bits per heavy atom. The van der Waals surface area contributed by atoms with E-state index in [1.165, 1.54) is 12.1 Å². The van der Waals surface area contributed by atoms with Crippen LogP contribution in [0.1, 0.15) is 11.1 Å². The van der Waals surface area contributed by atoms with E-state index in [-0.39, 0.29) is 37.4 Å². The molecule has 1 aliphatic rings. The van der Waals surface area contributed by atoms with Crippen molar-refractivity contribution in [3.8, 4) is 0 Å². The van der Waals surface area contributed by atoms with Crippen LogP contribution in [0.3, 0.4) is 0 Å². The summed E-state index contributed by atoms with van der Waals surface area (Å²) in [6, 6.07) is 5.47. The predicted octanol–water partition coefficient (Wildman–Crippen LogP) is 4.20. The third kappa shape index (κ3) is 4.64. The summed E-state index contributed by atoms with van der Waals surface area (Å²) in [5.74, 6) is -2.27. The molecule has 5 nitrogen and oxygen atoms in total. The third-order valence-electron chi connectivity index (χ3n) is 4.52. The first-order chi connectivity index (χ1) is 14.1. The zero-order valence-electron chi connectivity index (χ0n) is 15.3. The Morgan fingerprint density at radius 2 is 1.87 bits per heavy atom. The molecule has 1 N–H and O–H groups in total. The Morgan fingerprint density at radius 1 is 1.13 bits per heavy atom. The van der Waals surface area contributed by atoms with Gasteiger partial charge in [-0.25, -0.2) is 13.6 Å². The second-order valence-corrected chi connectivity index (χ2v) is 6.88. The van der Waals surface area contributed by atoms with Gasteiger partial charge in [0.25, 0.3) is 0 Å². The van der Waals surface area contributed by atoms with E-state index >= 15 is 0 Å². The van der Waals surface area contributed by atoms with Gasteiger partial charge in [-0.05, 0) is 23.8 Å². The fourth-order valence-electron chi connectivity index (χ4n) is 3.02. The zero-order valence-corrected chi connectivity index (χ0v) is 16.0. The lowest BCUT2D eigenvalue weighted by atomic mass is 10.1. The highest BCUT2D eigenvalue weighted by atomic mass is 35.5. The van der Waals surface area contributed by atoms with Crippen molar-refractivity contribution in [1.82, 2.24) is 10.2 Å². The molecule has 0 atom stereocenters. The molecule has 0 spiro atoms. The molecule has 1 saturated heterocycles. The highest BCUT2D eigenvalue weighted by Crippen LogP contribution is 2.36. The number of nitrogens with zero attached hydrogens (tertiary/aromatic N) is 2. The lowest BCUT2D eigenvalue weighted by Gasteiger charge is -2.34. The van der Waals surface area contributed by atoms with Gasteiger partial charge < -0.3 is 15.1 Å². The zero-order chi connectivity index (χ0) is 22.1. The molecule has 160 valence electrons. The molecule has 30 heavy (non-hydrogen) atoms. The van der Waals surface area contributed by atoms with Crippen LogP contribution in [0, 0.1) is 11.6 Å². The van der Waals surface area contributed by atoms with Crippen molar-refractivity contribution in [1.29, 1.82) is 0 Å². The van der Waals surface area contributed by atoms with E-state index < -0.39 is 40.3 Å². The number of alkyl halides is 3. The number of halogens is 6. The Kier molecular flexibility index (Phi) is 6.16. The summed E-state index contributed by atoms with van der Waals surface area (Å²) in [7, 11) is 0. The highest BCUT2D eigenvalue weighted by Gasteiger charge is 2.34. The SMILES string of the molecule is O=C(NCc1cccc(C(F)(F)F)c1Cl)N1CCN(c2ccc(F)cc2F)C(=O)C1. The molecule has 0 radical (unpaired) electrons. The molecule has 1 fully saturated rings. The van der Waals surface area contributed by atoms with Crippen LogP contribution in [-0.2, 0) is 17.5 Å². The normalized spacial score (nSPS) is 14.8. The number of piperazine rings is 1. The Hall–Kier alpha value is -2.88. The van der Waals surface area contributed by atoms with Crippen LogP contribution in [0.25, 0.3) is 0 Å². The smallest absolute Gasteiger partial charge is 0.334 e. The molecule has 0 bridgehead atoms. The first-order valence-corrected chi connectivity index (χ1v) is 9.08. The maximum absolute atomic E-state index is 13.9. The van der Waals surface area contributed by atoms with Gasteiger partial charge >= 0.3 is 12.2 Å². The molecule has 0 unspecified atom stereocenters. The van der Waals surface area contributed by atoms with Gasteiger partial charge in [0.1, 0.15) is 18.2 Å². The Bertz CT molecular complexity index is 983. The minimum Gasteiger partial charge on any atom is -0.334 e. The van der Waals surface area contributed by atoms with E-state index in [0.717, 1.165) is 28.0 Å². The fraction of sp³-hybridized carbons (Fsp3) is 0.263. The van der Waals surface area contributed by atoms with Gasteiger partial charge in [-0.3, -0.25) is 4.79 Å². The van der Waals surface area contributed by atoms with E-state index in [1.54, 1.807) is 0 Å². The van der Waals surface area contributed by atoms with Crippen LogP contribution in [-0.4, -0.2) is 36.5 Å². The standard InChI is InChI=1S/C19H15ClF5N3O2/c20-17-11(2-1-3-13(17)19(23,24)25)9-26-18(30)27-6-7-28(16(29)10-27)15-5-4-12(21)8-14(15)22/h1-5,8H,6-7,9-10H2,(H,26,30). The van der Waals surface area contributed by atoms with Crippen molar-refractivity contribution in [3.05, 3.63) is 64.2 Å². The minimum absolute atomic E-state index is 0.0287. The van der Waals surface area contributed by atoms with E-state index in [2.05, 4.69) is 5.32 Å². The highest BCUT2D eigenvalue weighted by molar-refractivity contribution is 6.32. The van der Waals surface area contributed by atoms with Crippen molar-refractivity contribution < 1.29 is 31.5 Å². The topological polar surface area (TPSA) is 52.7 Å². The first-order valence-electron chi connectivity index (χ1n) is 8.70. The third-order valence-corrected chi connectivity index (χ3v) is 4.97. The van der Waals surface area contributed by atoms with Gasteiger partial charge in [-0.1, -0.05) is 23.7 Å². The summed E-state index contributed by atoms with van der Waals surface area (Å²) in [4.78, 5) is 26.9. The van der Waals surface area contributed by atoms with Crippen molar-refractivity contribution in [2.24, 2.45) is 0 Å². The molecule has 0 aliphatic carbocycles. The van der Waals surface area contributed by atoms with Crippen LogP contribution in [0.5, 0.6) is 0 Å². The monoisotopic (exact) mass is 447 g/mol. The molecule has 0 saturated carbocycles. The average Bonchev–Trinajstić information content (AvgIpc) is 2.66. The number of amides is 3. The maximum atomic E-state index is 13.9. The van der Waals surface area contributed by atoms with Crippen LogP contribution >= 0.6 is 11.6 Å². The second-order valence-electron chi connectivity index (χ2n) is 6.50. The van der Waals surface area contributed by atoms with E-state index in [9.17, 15) is 31.5 Å². The summed E-state index contributed by atoms with van der Waals surface area (Å²) in [6.07, 6.45) is -4.63. The molecule has 2 aromatic rings. The van der Waals surface area contributed by atoms with Crippen LogP contribution in [0.2, 0.25) is 5.02 Å². The number of carbonyl (C=O) groups excluding carboxylic acids is 2. The molecule has 1 aliphatic heterocycles.